The molecule has 0 atom stereocenters. The Morgan fingerprint density at radius 1 is 1.30 bits per heavy atom. The van der Waals surface area contributed by atoms with Crippen LogP contribution in [0, 0.1) is 10.5 Å². The topological polar surface area (TPSA) is 80.2 Å². The molecule has 0 heterocycles. The highest BCUT2D eigenvalue weighted by Gasteiger charge is 2.10. The SMILES string of the molecule is COc1cc(/C=N/NC(=O)COc2cc(C)ccc2C(C)C)cc(I)c1O. The number of aryl methyl sites for hydroxylation is 1. The number of amides is 1. The summed E-state index contributed by atoms with van der Waals surface area (Å²) in [5.74, 6) is 1.07. The highest BCUT2D eigenvalue weighted by atomic mass is 127. The Balaban J connectivity index is 1.97. The quantitative estimate of drug-likeness (QED) is 0.356. The van der Waals surface area contributed by atoms with E-state index in [2.05, 4.69) is 24.4 Å². The maximum atomic E-state index is 12.0. The van der Waals surface area contributed by atoms with Gasteiger partial charge in [-0.2, -0.15) is 5.10 Å². The molecule has 27 heavy (non-hydrogen) atoms. The molecule has 0 bridgehead atoms. The second-order valence-electron chi connectivity index (χ2n) is 6.33. The molecular formula is C20H23IN2O4. The Kier molecular flexibility index (Phi) is 7.46. The summed E-state index contributed by atoms with van der Waals surface area (Å²) >= 11 is 2.00. The van der Waals surface area contributed by atoms with Crippen LogP contribution in [-0.4, -0.2) is 30.9 Å². The number of methoxy groups -OCH3 is 1. The van der Waals surface area contributed by atoms with Gasteiger partial charge in [-0.05, 0) is 70.3 Å². The largest absolute Gasteiger partial charge is 0.504 e. The van der Waals surface area contributed by atoms with Crippen LogP contribution in [0.1, 0.15) is 36.5 Å². The van der Waals surface area contributed by atoms with Gasteiger partial charge in [-0.15, -0.1) is 0 Å². The number of phenols is 1. The van der Waals surface area contributed by atoms with Crippen molar-refractivity contribution < 1.29 is 19.4 Å². The van der Waals surface area contributed by atoms with Gasteiger partial charge in [0.1, 0.15) is 5.75 Å². The third kappa shape index (κ3) is 5.85. The van der Waals surface area contributed by atoms with Crippen LogP contribution in [-0.2, 0) is 4.79 Å². The summed E-state index contributed by atoms with van der Waals surface area (Å²) in [5, 5.41) is 13.8. The molecular weight excluding hydrogens is 459 g/mol. The molecule has 0 saturated carbocycles. The number of nitrogens with zero attached hydrogens (tertiary/aromatic N) is 1. The maximum absolute atomic E-state index is 12.0. The zero-order chi connectivity index (χ0) is 20.0. The molecule has 0 unspecified atom stereocenters. The van der Waals surface area contributed by atoms with Gasteiger partial charge in [-0.3, -0.25) is 4.79 Å². The van der Waals surface area contributed by atoms with Gasteiger partial charge < -0.3 is 14.6 Å². The fourth-order valence-electron chi connectivity index (χ4n) is 2.42. The minimum absolute atomic E-state index is 0.0757. The van der Waals surface area contributed by atoms with Crippen molar-refractivity contribution in [2.75, 3.05) is 13.7 Å². The number of rotatable bonds is 7. The number of hydrogen-bond donors (Lipinski definition) is 2. The lowest BCUT2D eigenvalue weighted by molar-refractivity contribution is -0.123. The summed E-state index contributed by atoms with van der Waals surface area (Å²) in [7, 11) is 1.47. The third-order valence-electron chi connectivity index (χ3n) is 3.82. The van der Waals surface area contributed by atoms with Gasteiger partial charge >= 0.3 is 0 Å². The van der Waals surface area contributed by atoms with Crippen molar-refractivity contribution in [3.8, 4) is 17.2 Å². The number of phenolic OH excluding ortho intramolecular Hbond substituents is 1. The van der Waals surface area contributed by atoms with Crippen molar-refractivity contribution in [2.45, 2.75) is 26.7 Å². The molecule has 0 saturated heterocycles. The van der Waals surface area contributed by atoms with E-state index < -0.39 is 0 Å². The predicted molar refractivity (Wildman–Crippen MR) is 114 cm³/mol. The number of hydrazone groups is 1. The standard InChI is InChI=1S/C20H23IN2O4/c1-12(2)15-6-5-13(3)7-17(15)27-11-19(24)23-22-10-14-8-16(21)20(25)18(9-14)26-4/h5-10,12,25H,11H2,1-4H3,(H,23,24)/b22-10+. The van der Waals surface area contributed by atoms with Crippen molar-refractivity contribution in [3.05, 3.63) is 50.6 Å². The zero-order valence-electron chi connectivity index (χ0n) is 15.7. The lowest BCUT2D eigenvalue weighted by Gasteiger charge is -2.14. The van der Waals surface area contributed by atoms with Crippen LogP contribution in [0.3, 0.4) is 0 Å². The first-order valence-electron chi connectivity index (χ1n) is 8.43. The fourth-order valence-corrected chi connectivity index (χ4v) is 3.05. The average Bonchev–Trinajstić information content (AvgIpc) is 2.62. The van der Waals surface area contributed by atoms with Crippen molar-refractivity contribution in [2.24, 2.45) is 5.10 Å². The number of carbonyl (C=O) groups excluding carboxylic acids is 1. The Labute approximate surface area is 172 Å². The smallest absolute Gasteiger partial charge is 0.277 e. The molecule has 2 aromatic rings. The minimum Gasteiger partial charge on any atom is -0.504 e. The van der Waals surface area contributed by atoms with Crippen LogP contribution in [0.5, 0.6) is 17.2 Å². The monoisotopic (exact) mass is 482 g/mol. The fraction of sp³-hybridized carbons (Fsp3) is 0.300. The molecule has 144 valence electrons. The van der Waals surface area contributed by atoms with Crippen LogP contribution >= 0.6 is 22.6 Å². The van der Waals surface area contributed by atoms with Crippen molar-refractivity contribution in [3.63, 3.8) is 0 Å². The van der Waals surface area contributed by atoms with E-state index in [9.17, 15) is 9.90 Å². The van der Waals surface area contributed by atoms with E-state index in [0.29, 0.717) is 26.6 Å². The zero-order valence-corrected chi connectivity index (χ0v) is 17.9. The lowest BCUT2D eigenvalue weighted by atomic mass is 10.0. The average molecular weight is 482 g/mol. The Bertz CT molecular complexity index is 850. The van der Waals surface area contributed by atoms with Gasteiger partial charge in [0, 0.05) is 0 Å². The number of nitrogens with one attached hydrogen (secondary N) is 1. The first-order chi connectivity index (χ1) is 12.8. The van der Waals surface area contributed by atoms with Crippen LogP contribution in [0.25, 0.3) is 0 Å². The molecule has 1 amide bonds. The van der Waals surface area contributed by atoms with Gasteiger partial charge in [0.05, 0.1) is 16.9 Å². The first-order valence-corrected chi connectivity index (χ1v) is 9.51. The van der Waals surface area contributed by atoms with E-state index in [1.807, 2.05) is 47.7 Å². The van der Waals surface area contributed by atoms with E-state index in [-0.39, 0.29) is 18.3 Å². The maximum Gasteiger partial charge on any atom is 0.277 e. The van der Waals surface area contributed by atoms with Crippen LogP contribution < -0.4 is 14.9 Å². The van der Waals surface area contributed by atoms with E-state index in [1.165, 1.54) is 13.3 Å². The van der Waals surface area contributed by atoms with Crippen molar-refractivity contribution in [1.82, 2.24) is 5.43 Å². The first kappa shape index (κ1) is 21.0. The van der Waals surface area contributed by atoms with E-state index in [1.54, 1.807) is 12.1 Å². The molecule has 0 aromatic heterocycles. The number of halogens is 1. The minimum atomic E-state index is -0.358. The van der Waals surface area contributed by atoms with Crippen molar-refractivity contribution in [1.29, 1.82) is 0 Å². The van der Waals surface area contributed by atoms with E-state index in [0.717, 1.165) is 11.1 Å². The molecule has 2 N–H and O–H groups in total. The van der Waals surface area contributed by atoms with Gasteiger partial charge in [-0.25, -0.2) is 5.43 Å². The molecule has 0 spiro atoms. The molecule has 2 aromatic carbocycles. The van der Waals surface area contributed by atoms with E-state index >= 15 is 0 Å². The van der Waals surface area contributed by atoms with Crippen molar-refractivity contribution >= 4 is 34.7 Å². The van der Waals surface area contributed by atoms with Gasteiger partial charge in [0.15, 0.2) is 18.1 Å². The highest BCUT2D eigenvalue weighted by molar-refractivity contribution is 14.1. The summed E-state index contributed by atoms with van der Waals surface area (Å²) in [6.45, 7) is 6.01. The Morgan fingerprint density at radius 3 is 2.70 bits per heavy atom. The molecule has 2 rings (SSSR count). The van der Waals surface area contributed by atoms with Gasteiger partial charge in [0.2, 0.25) is 0 Å². The molecule has 0 radical (unpaired) electrons. The number of aromatic hydroxyl groups is 1. The number of hydrogen-bond acceptors (Lipinski definition) is 5. The molecule has 0 aliphatic carbocycles. The second-order valence-corrected chi connectivity index (χ2v) is 7.49. The third-order valence-corrected chi connectivity index (χ3v) is 4.65. The highest BCUT2D eigenvalue weighted by Crippen LogP contribution is 2.31. The van der Waals surface area contributed by atoms with Gasteiger partial charge in [0.25, 0.3) is 5.91 Å². The predicted octanol–water partition coefficient (Wildman–Crippen LogP) is 3.97. The summed E-state index contributed by atoms with van der Waals surface area (Å²) in [5.41, 5.74) is 5.26. The summed E-state index contributed by atoms with van der Waals surface area (Å²) in [6, 6.07) is 9.33. The van der Waals surface area contributed by atoms with Crippen LogP contribution in [0.2, 0.25) is 0 Å². The summed E-state index contributed by atoms with van der Waals surface area (Å²) in [4.78, 5) is 12.0. The molecule has 7 heteroatoms. The van der Waals surface area contributed by atoms with E-state index in [4.69, 9.17) is 9.47 Å². The molecule has 0 fully saturated rings. The molecule has 0 aliphatic heterocycles. The van der Waals surface area contributed by atoms with Crippen LogP contribution in [0.4, 0.5) is 0 Å². The second kappa shape index (κ2) is 9.59. The van der Waals surface area contributed by atoms with Gasteiger partial charge in [-0.1, -0.05) is 26.0 Å². The lowest BCUT2D eigenvalue weighted by Crippen LogP contribution is -2.25. The number of carbonyl (C=O) groups is 1. The normalized spacial score (nSPS) is 11.0. The Morgan fingerprint density at radius 2 is 2.04 bits per heavy atom. The van der Waals surface area contributed by atoms with Crippen LogP contribution in [0.15, 0.2) is 35.4 Å². The molecule has 0 aliphatic rings. The number of ether oxygens (including phenoxy) is 2. The molecule has 6 nitrogen and oxygen atoms in total. The number of benzene rings is 2. The Hall–Kier alpha value is -2.29. The summed E-state index contributed by atoms with van der Waals surface area (Å²) in [6.07, 6.45) is 1.48. The summed E-state index contributed by atoms with van der Waals surface area (Å²) < 4.78 is 11.4.